The molecule has 0 radical (unpaired) electrons. The molecule has 1 saturated heterocycles. The SMILES string of the molecule is O=S1(=O)C[C@H](O)[C@H](Nc2ccc(NS(=O)(=O)c3ccc(C4CCCCC4)cc3)cc2)C1. The number of aliphatic hydroxyl groups excluding tert-OH is 1. The van der Waals surface area contributed by atoms with Crippen LogP contribution in [0.4, 0.5) is 11.4 Å². The van der Waals surface area contributed by atoms with Gasteiger partial charge in [-0.3, -0.25) is 4.72 Å². The summed E-state index contributed by atoms with van der Waals surface area (Å²) in [6, 6.07) is 13.1. The Bertz CT molecular complexity index is 1110. The van der Waals surface area contributed by atoms with Gasteiger partial charge in [-0.1, -0.05) is 31.4 Å². The van der Waals surface area contributed by atoms with Crippen LogP contribution in [0.2, 0.25) is 0 Å². The summed E-state index contributed by atoms with van der Waals surface area (Å²) in [5.41, 5.74) is 2.22. The highest BCUT2D eigenvalue weighted by Gasteiger charge is 2.36. The Morgan fingerprint density at radius 2 is 1.45 bits per heavy atom. The zero-order chi connectivity index (χ0) is 22.1. The van der Waals surface area contributed by atoms with Gasteiger partial charge in [0.25, 0.3) is 10.0 Å². The van der Waals surface area contributed by atoms with Crippen molar-refractivity contribution in [2.45, 2.75) is 55.1 Å². The topological polar surface area (TPSA) is 113 Å². The highest BCUT2D eigenvalue weighted by molar-refractivity contribution is 7.92. The van der Waals surface area contributed by atoms with Gasteiger partial charge < -0.3 is 10.4 Å². The number of hydrogen-bond acceptors (Lipinski definition) is 6. The van der Waals surface area contributed by atoms with E-state index in [4.69, 9.17) is 0 Å². The minimum absolute atomic E-state index is 0.126. The van der Waals surface area contributed by atoms with E-state index in [1.54, 1.807) is 36.4 Å². The fraction of sp³-hybridized carbons (Fsp3) is 0.455. The lowest BCUT2D eigenvalue weighted by molar-refractivity contribution is 0.190. The molecule has 2 fully saturated rings. The molecule has 31 heavy (non-hydrogen) atoms. The minimum atomic E-state index is -3.71. The first-order valence-corrected chi connectivity index (χ1v) is 13.9. The number of nitrogens with one attached hydrogen (secondary N) is 2. The maximum absolute atomic E-state index is 12.7. The average Bonchev–Trinajstić information content (AvgIpc) is 3.01. The van der Waals surface area contributed by atoms with Gasteiger partial charge in [0.2, 0.25) is 0 Å². The number of sulfonamides is 1. The van der Waals surface area contributed by atoms with Crippen LogP contribution in [0, 0.1) is 0 Å². The number of hydrogen-bond donors (Lipinski definition) is 3. The number of rotatable bonds is 6. The Morgan fingerprint density at radius 1 is 0.839 bits per heavy atom. The van der Waals surface area contributed by atoms with Crippen LogP contribution < -0.4 is 10.0 Å². The van der Waals surface area contributed by atoms with Crippen molar-refractivity contribution in [2.75, 3.05) is 21.5 Å². The van der Waals surface area contributed by atoms with Crippen molar-refractivity contribution in [2.24, 2.45) is 0 Å². The third kappa shape index (κ3) is 5.39. The fourth-order valence-corrected chi connectivity index (χ4v) is 7.18. The van der Waals surface area contributed by atoms with Crippen LogP contribution in [0.25, 0.3) is 0 Å². The highest BCUT2D eigenvalue weighted by Crippen LogP contribution is 2.33. The van der Waals surface area contributed by atoms with Gasteiger partial charge in [0, 0.05) is 11.4 Å². The molecule has 1 aliphatic carbocycles. The molecule has 7 nitrogen and oxygen atoms in total. The van der Waals surface area contributed by atoms with E-state index in [-0.39, 0.29) is 16.4 Å². The molecule has 1 saturated carbocycles. The second-order valence-electron chi connectivity index (χ2n) is 8.48. The quantitative estimate of drug-likeness (QED) is 0.606. The first-order chi connectivity index (χ1) is 14.7. The van der Waals surface area contributed by atoms with E-state index in [0.29, 0.717) is 17.3 Å². The predicted octanol–water partition coefficient (Wildman–Crippen LogP) is 3.10. The van der Waals surface area contributed by atoms with E-state index in [9.17, 15) is 21.9 Å². The first-order valence-electron chi connectivity index (χ1n) is 10.6. The fourth-order valence-electron chi connectivity index (χ4n) is 4.38. The number of aliphatic hydroxyl groups is 1. The van der Waals surface area contributed by atoms with Crippen molar-refractivity contribution < 1.29 is 21.9 Å². The predicted molar refractivity (Wildman–Crippen MR) is 122 cm³/mol. The van der Waals surface area contributed by atoms with Crippen LogP contribution in [0.5, 0.6) is 0 Å². The molecule has 2 atom stereocenters. The summed E-state index contributed by atoms with van der Waals surface area (Å²) in [5.74, 6) is 0.147. The van der Waals surface area contributed by atoms with Gasteiger partial charge in [0.15, 0.2) is 9.84 Å². The van der Waals surface area contributed by atoms with E-state index in [1.165, 1.54) is 24.8 Å². The number of sulfone groups is 1. The molecule has 168 valence electrons. The maximum Gasteiger partial charge on any atom is 0.261 e. The normalized spacial score (nSPS) is 24.0. The zero-order valence-electron chi connectivity index (χ0n) is 17.2. The molecule has 1 aliphatic heterocycles. The van der Waals surface area contributed by atoms with Crippen molar-refractivity contribution in [3.05, 3.63) is 54.1 Å². The molecule has 2 aromatic rings. The van der Waals surface area contributed by atoms with Gasteiger partial charge in [-0.15, -0.1) is 0 Å². The Balaban J connectivity index is 1.40. The van der Waals surface area contributed by atoms with Crippen molar-refractivity contribution >= 4 is 31.2 Å². The van der Waals surface area contributed by atoms with Crippen molar-refractivity contribution in [1.29, 1.82) is 0 Å². The standard InChI is InChI=1S/C22H28N2O5S2/c25-22-15-30(26,27)14-21(22)23-18-8-10-19(11-9-18)24-31(28,29)20-12-6-17(7-13-20)16-4-2-1-3-5-16/h6-13,16,21-25H,1-5,14-15H2/t21-,22+/m1/s1. The Kier molecular flexibility index (Phi) is 6.27. The van der Waals surface area contributed by atoms with Gasteiger partial charge in [0.1, 0.15) is 0 Å². The monoisotopic (exact) mass is 464 g/mol. The summed E-state index contributed by atoms with van der Waals surface area (Å²) in [4.78, 5) is 0.216. The van der Waals surface area contributed by atoms with Crippen LogP contribution in [0.1, 0.15) is 43.6 Å². The molecule has 2 aliphatic rings. The second-order valence-corrected chi connectivity index (χ2v) is 12.3. The summed E-state index contributed by atoms with van der Waals surface area (Å²) in [5, 5.41) is 12.9. The molecule has 0 aromatic heterocycles. The zero-order valence-corrected chi connectivity index (χ0v) is 18.8. The molecule has 0 amide bonds. The Labute approximate surface area is 183 Å². The third-order valence-electron chi connectivity index (χ3n) is 6.08. The van der Waals surface area contributed by atoms with E-state index in [2.05, 4.69) is 10.0 Å². The number of benzene rings is 2. The molecule has 0 bridgehead atoms. The van der Waals surface area contributed by atoms with Crippen LogP contribution in [-0.2, 0) is 19.9 Å². The van der Waals surface area contributed by atoms with Gasteiger partial charge in [0.05, 0.1) is 28.5 Å². The van der Waals surface area contributed by atoms with Gasteiger partial charge in [-0.25, -0.2) is 16.8 Å². The summed E-state index contributed by atoms with van der Waals surface area (Å²) < 4.78 is 51.3. The molecule has 2 aromatic carbocycles. The summed E-state index contributed by atoms with van der Waals surface area (Å²) >= 11 is 0. The number of anilines is 2. The van der Waals surface area contributed by atoms with E-state index in [1.807, 2.05) is 12.1 Å². The maximum atomic E-state index is 12.7. The molecule has 1 heterocycles. The first kappa shape index (κ1) is 22.1. The lowest BCUT2D eigenvalue weighted by atomic mass is 9.84. The highest BCUT2D eigenvalue weighted by atomic mass is 32.2. The van der Waals surface area contributed by atoms with E-state index in [0.717, 1.165) is 12.8 Å². The molecule has 0 spiro atoms. The van der Waals surface area contributed by atoms with E-state index >= 15 is 0 Å². The van der Waals surface area contributed by atoms with Gasteiger partial charge in [-0.05, 0) is 60.7 Å². The average molecular weight is 465 g/mol. The van der Waals surface area contributed by atoms with Crippen molar-refractivity contribution in [3.63, 3.8) is 0 Å². The van der Waals surface area contributed by atoms with Crippen LogP contribution in [-0.4, -0.2) is 45.6 Å². The Morgan fingerprint density at radius 3 is 2.03 bits per heavy atom. The summed E-state index contributed by atoms with van der Waals surface area (Å²) in [6.07, 6.45) is 5.10. The summed E-state index contributed by atoms with van der Waals surface area (Å²) in [7, 11) is -6.95. The Hall–Kier alpha value is -2.10. The molecule has 9 heteroatoms. The molecule has 0 unspecified atom stereocenters. The van der Waals surface area contributed by atoms with Crippen molar-refractivity contribution in [1.82, 2.24) is 0 Å². The van der Waals surface area contributed by atoms with Crippen LogP contribution >= 0.6 is 0 Å². The largest absolute Gasteiger partial charge is 0.390 e. The van der Waals surface area contributed by atoms with Crippen LogP contribution in [0.3, 0.4) is 0 Å². The van der Waals surface area contributed by atoms with E-state index < -0.39 is 32.0 Å². The van der Waals surface area contributed by atoms with Gasteiger partial charge >= 0.3 is 0 Å². The molecular formula is C22H28N2O5S2. The smallest absolute Gasteiger partial charge is 0.261 e. The lowest BCUT2D eigenvalue weighted by Crippen LogP contribution is -2.31. The molecule has 3 N–H and O–H groups in total. The lowest BCUT2D eigenvalue weighted by Gasteiger charge is -2.22. The van der Waals surface area contributed by atoms with Gasteiger partial charge in [-0.2, -0.15) is 0 Å². The molecule has 4 rings (SSSR count). The molecular weight excluding hydrogens is 436 g/mol. The summed E-state index contributed by atoms with van der Waals surface area (Å²) in [6.45, 7) is 0. The van der Waals surface area contributed by atoms with Crippen molar-refractivity contribution in [3.8, 4) is 0 Å². The third-order valence-corrected chi connectivity index (χ3v) is 9.19. The minimum Gasteiger partial charge on any atom is -0.390 e. The second kappa shape index (κ2) is 8.80. The van der Waals surface area contributed by atoms with Crippen LogP contribution in [0.15, 0.2) is 53.4 Å².